The highest BCUT2D eigenvalue weighted by molar-refractivity contribution is 6.02. The summed E-state index contributed by atoms with van der Waals surface area (Å²) in [4.78, 5) is 20.4. The number of oxazole rings is 1. The van der Waals surface area contributed by atoms with Gasteiger partial charge in [-0.3, -0.25) is 9.78 Å². The predicted molar refractivity (Wildman–Crippen MR) is 103 cm³/mol. The number of benzene rings is 2. The van der Waals surface area contributed by atoms with E-state index in [2.05, 4.69) is 15.3 Å². The largest absolute Gasteiger partial charge is 0.507 e. The van der Waals surface area contributed by atoms with Crippen molar-refractivity contribution in [3.63, 3.8) is 0 Å². The van der Waals surface area contributed by atoms with Crippen LogP contribution < -0.4 is 5.32 Å². The first-order valence-corrected chi connectivity index (χ1v) is 8.27. The van der Waals surface area contributed by atoms with Gasteiger partial charge in [-0.05, 0) is 23.8 Å². The van der Waals surface area contributed by atoms with E-state index in [0.717, 1.165) is 5.56 Å². The van der Waals surface area contributed by atoms with Crippen LogP contribution in [0.4, 0.5) is 5.69 Å². The Labute approximate surface area is 154 Å². The summed E-state index contributed by atoms with van der Waals surface area (Å²) in [6.07, 6.45) is 6.36. The molecule has 2 aromatic heterocycles. The lowest BCUT2D eigenvalue weighted by molar-refractivity contribution is -0.111. The molecule has 0 aliphatic rings. The Morgan fingerprint density at radius 3 is 2.74 bits per heavy atom. The molecule has 2 N–H and O–H groups in total. The number of rotatable bonds is 4. The zero-order valence-electron chi connectivity index (χ0n) is 14.2. The number of carbonyl (C=O) groups is 1. The molecule has 6 nitrogen and oxygen atoms in total. The average Bonchev–Trinajstić information content (AvgIpc) is 3.11. The second kappa shape index (κ2) is 7.13. The molecule has 6 heteroatoms. The number of phenols is 1. The number of hydrogen-bond acceptors (Lipinski definition) is 5. The van der Waals surface area contributed by atoms with Crippen molar-refractivity contribution in [2.45, 2.75) is 0 Å². The summed E-state index contributed by atoms with van der Waals surface area (Å²) in [5, 5.41) is 13.0. The second-order valence-corrected chi connectivity index (χ2v) is 5.83. The fraction of sp³-hybridized carbons (Fsp3) is 0. The standard InChI is InChI=1S/C21H15N3O3/c25-18-12-15(23-20(26)9-6-14-4-2-1-3-5-14)7-8-16(18)21-24-17-13-22-11-10-19(17)27-21/h1-13,25H,(H,23,26)/b9-6+. The third-order valence-electron chi connectivity index (χ3n) is 3.91. The number of hydrogen-bond donors (Lipinski definition) is 2. The molecule has 4 aromatic rings. The van der Waals surface area contributed by atoms with Crippen LogP contribution in [-0.4, -0.2) is 21.0 Å². The molecular weight excluding hydrogens is 342 g/mol. The van der Waals surface area contributed by atoms with Crippen molar-refractivity contribution in [3.8, 4) is 17.2 Å². The maximum absolute atomic E-state index is 12.1. The van der Waals surface area contributed by atoms with Gasteiger partial charge in [0.2, 0.25) is 11.8 Å². The molecule has 27 heavy (non-hydrogen) atoms. The van der Waals surface area contributed by atoms with Gasteiger partial charge in [-0.2, -0.15) is 0 Å². The van der Waals surface area contributed by atoms with E-state index >= 15 is 0 Å². The summed E-state index contributed by atoms with van der Waals surface area (Å²) in [7, 11) is 0. The molecule has 132 valence electrons. The number of phenolic OH excluding ortho intramolecular Hbond substituents is 1. The molecule has 0 aliphatic carbocycles. The number of fused-ring (bicyclic) bond motifs is 1. The maximum Gasteiger partial charge on any atom is 0.248 e. The van der Waals surface area contributed by atoms with Crippen molar-refractivity contribution in [2.75, 3.05) is 5.32 Å². The first-order valence-electron chi connectivity index (χ1n) is 8.27. The van der Waals surface area contributed by atoms with E-state index < -0.39 is 0 Å². The van der Waals surface area contributed by atoms with E-state index in [9.17, 15) is 9.90 Å². The lowest BCUT2D eigenvalue weighted by atomic mass is 10.1. The number of amides is 1. The maximum atomic E-state index is 12.1. The Morgan fingerprint density at radius 2 is 1.96 bits per heavy atom. The van der Waals surface area contributed by atoms with Crippen LogP contribution in [0.3, 0.4) is 0 Å². The SMILES string of the molecule is O=C(/C=C/c1ccccc1)Nc1ccc(-c2nc3cnccc3o2)c(O)c1. The third kappa shape index (κ3) is 3.69. The van der Waals surface area contributed by atoms with E-state index in [1.165, 1.54) is 12.1 Å². The van der Waals surface area contributed by atoms with E-state index in [1.54, 1.807) is 36.7 Å². The minimum Gasteiger partial charge on any atom is -0.507 e. The van der Waals surface area contributed by atoms with Gasteiger partial charge in [-0.1, -0.05) is 30.3 Å². The van der Waals surface area contributed by atoms with E-state index in [4.69, 9.17) is 4.42 Å². The molecule has 2 heterocycles. The van der Waals surface area contributed by atoms with E-state index in [-0.39, 0.29) is 17.5 Å². The van der Waals surface area contributed by atoms with Crippen molar-refractivity contribution in [2.24, 2.45) is 0 Å². The lowest BCUT2D eigenvalue weighted by Crippen LogP contribution is -2.07. The molecule has 4 rings (SSSR count). The zero-order chi connectivity index (χ0) is 18.6. The van der Waals surface area contributed by atoms with Gasteiger partial charge in [0.05, 0.1) is 11.8 Å². The molecule has 0 atom stereocenters. The van der Waals surface area contributed by atoms with Crippen molar-refractivity contribution < 1.29 is 14.3 Å². The fourth-order valence-corrected chi connectivity index (χ4v) is 2.61. The summed E-state index contributed by atoms with van der Waals surface area (Å²) in [5.74, 6) is -0.0457. The number of aromatic hydroxyl groups is 1. The van der Waals surface area contributed by atoms with Crippen LogP contribution in [0, 0.1) is 0 Å². The normalized spacial score (nSPS) is 11.1. The smallest absolute Gasteiger partial charge is 0.248 e. The van der Waals surface area contributed by atoms with Crippen LogP contribution in [0.5, 0.6) is 5.75 Å². The summed E-state index contributed by atoms with van der Waals surface area (Å²) in [5.41, 5.74) is 3.02. The van der Waals surface area contributed by atoms with Gasteiger partial charge in [-0.15, -0.1) is 0 Å². The fourth-order valence-electron chi connectivity index (χ4n) is 2.61. The van der Waals surface area contributed by atoms with E-state index in [0.29, 0.717) is 22.4 Å². The van der Waals surface area contributed by atoms with Crippen molar-refractivity contribution in [3.05, 3.63) is 78.6 Å². The highest BCUT2D eigenvalue weighted by Crippen LogP contribution is 2.32. The van der Waals surface area contributed by atoms with Gasteiger partial charge in [0, 0.05) is 30.1 Å². The number of aromatic nitrogens is 2. The van der Waals surface area contributed by atoms with Crippen LogP contribution >= 0.6 is 0 Å². The molecule has 0 bridgehead atoms. The van der Waals surface area contributed by atoms with Gasteiger partial charge in [0.25, 0.3) is 0 Å². The number of nitrogens with zero attached hydrogens (tertiary/aromatic N) is 2. The predicted octanol–water partition coefficient (Wildman–Crippen LogP) is 4.25. The summed E-state index contributed by atoms with van der Waals surface area (Å²) < 4.78 is 5.63. The van der Waals surface area contributed by atoms with Crippen LogP contribution in [0.15, 0.2) is 77.5 Å². The number of nitrogens with one attached hydrogen (secondary N) is 1. The van der Waals surface area contributed by atoms with Gasteiger partial charge in [-0.25, -0.2) is 4.98 Å². The van der Waals surface area contributed by atoms with Crippen LogP contribution in [0.2, 0.25) is 0 Å². The van der Waals surface area contributed by atoms with Crippen LogP contribution in [-0.2, 0) is 4.79 Å². The number of anilines is 1. The Kier molecular flexibility index (Phi) is 4.37. The molecule has 0 spiro atoms. The monoisotopic (exact) mass is 357 g/mol. The molecule has 1 amide bonds. The molecule has 0 fully saturated rings. The molecule has 0 unspecified atom stereocenters. The number of carbonyl (C=O) groups excluding carboxylic acids is 1. The Bertz CT molecular complexity index is 1100. The highest BCUT2D eigenvalue weighted by Gasteiger charge is 2.13. The Balaban J connectivity index is 1.51. The third-order valence-corrected chi connectivity index (χ3v) is 3.91. The molecule has 0 radical (unpaired) electrons. The second-order valence-electron chi connectivity index (χ2n) is 5.83. The van der Waals surface area contributed by atoms with E-state index in [1.807, 2.05) is 30.3 Å². The molecule has 0 aliphatic heterocycles. The minimum absolute atomic E-state index is 0.0423. The summed E-state index contributed by atoms with van der Waals surface area (Å²) in [6, 6.07) is 16.0. The van der Waals surface area contributed by atoms with Crippen molar-refractivity contribution in [1.29, 1.82) is 0 Å². The van der Waals surface area contributed by atoms with Crippen molar-refractivity contribution >= 4 is 28.8 Å². The molecular formula is C21H15N3O3. The lowest BCUT2D eigenvalue weighted by Gasteiger charge is -2.05. The molecule has 0 saturated heterocycles. The summed E-state index contributed by atoms with van der Waals surface area (Å²) in [6.45, 7) is 0. The van der Waals surface area contributed by atoms with Crippen LogP contribution in [0.1, 0.15) is 5.56 Å². The molecule has 0 saturated carbocycles. The first kappa shape index (κ1) is 16.5. The Hall–Kier alpha value is -3.93. The first-order chi connectivity index (χ1) is 13.2. The highest BCUT2D eigenvalue weighted by atomic mass is 16.3. The average molecular weight is 357 g/mol. The quantitative estimate of drug-likeness (QED) is 0.533. The molecule has 2 aromatic carbocycles. The van der Waals surface area contributed by atoms with Crippen LogP contribution in [0.25, 0.3) is 28.6 Å². The van der Waals surface area contributed by atoms with Crippen molar-refractivity contribution in [1.82, 2.24) is 9.97 Å². The zero-order valence-corrected chi connectivity index (χ0v) is 14.2. The van der Waals surface area contributed by atoms with Gasteiger partial charge < -0.3 is 14.8 Å². The number of pyridine rings is 1. The van der Waals surface area contributed by atoms with Gasteiger partial charge >= 0.3 is 0 Å². The summed E-state index contributed by atoms with van der Waals surface area (Å²) >= 11 is 0. The van der Waals surface area contributed by atoms with Gasteiger partial charge in [0.15, 0.2) is 5.58 Å². The topological polar surface area (TPSA) is 88.3 Å². The Morgan fingerprint density at radius 1 is 1.11 bits per heavy atom. The minimum atomic E-state index is -0.293. The van der Waals surface area contributed by atoms with Gasteiger partial charge in [0.1, 0.15) is 11.3 Å².